The molecule has 0 saturated carbocycles. The number of hydrogen-bond acceptors (Lipinski definition) is 5. The van der Waals surface area contributed by atoms with Crippen molar-refractivity contribution in [1.82, 2.24) is 4.57 Å². The van der Waals surface area contributed by atoms with Crippen LogP contribution in [0.5, 0.6) is 0 Å². The molecule has 0 N–H and O–H groups in total. The van der Waals surface area contributed by atoms with E-state index in [1.807, 2.05) is 0 Å². The van der Waals surface area contributed by atoms with E-state index in [2.05, 4.69) is 68.7 Å². The van der Waals surface area contributed by atoms with Gasteiger partial charge in [0.05, 0.1) is 21.3 Å². The highest BCUT2D eigenvalue weighted by Gasteiger charge is 2.29. The molecule has 0 radical (unpaired) electrons. The summed E-state index contributed by atoms with van der Waals surface area (Å²) in [4.78, 5) is 19.2. The predicted octanol–water partition coefficient (Wildman–Crippen LogP) is 5.69. The van der Waals surface area contributed by atoms with Gasteiger partial charge in [-0.2, -0.15) is 14.0 Å². The second kappa shape index (κ2) is 8.79. The summed E-state index contributed by atoms with van der Waals surface area (Å²) in [5.41, 5.74) is 5.89. The second-order valence-electron chi connectivity index (χ2n) is 7.95. The van der Waals surface area contributed by atoms with Crippen molar-refractivity contribution in [2.75, 3.05) is 0 Å². The molecule has 2 aromatic heterocycles. The third-order valence-corrected chi connectivity index (χ3v) is 7.20. The number of carbonyl (C=O) groups excluding carboxylic acids is 1. The summed E-state index contributed by atoms with van der Waals surface area (Å²) < 4.78 is 10.1. The Morgan fingerprint density at radius 2 is 1.91 bits per heavy atom. The number of ether oxygens (including phenoxy) is 1. The summed E-state index contributed by atoms with van der Waals surface area (Å²) in [6.07, 6.45) is 6.85. The van der Waals surface area contributed by atoms with Gasteiger partial charge >= 0.3 is 10.9 Å². The fourth-order valence-electron chi connectivity index (χ4n) is 4.13. The lowest BCUT2D eigenvalue weighted by Gasteiger charge is -2.07. The Labute approximate surface area is 195 Å². The summed E-state index contributed by atoms with van der Waals surface area (Å²) in [7, 11) is 0. The summed E-state index contributed by atoms with van der Waals surface area (Å²) in [5.74, 6) is -0.370. The molecule has 0 bridgehead atoms. The molecule has 1 aliphatic carbocycles. The molecule has 0 unspecified atom stereocenters. The van der Waals surface area contributed by atoms with Gasteiger partial charge in [-0.05, 0) is 62.7 Å². The van der Waals surface area contributed by atoms with Gasteiger partial charge in [0.25, 0.3) is 0 Å². The third-order valence-electron chi connectivity index (χ3n) is 5.82. The molecule has 0 spiro atoms. The number of carbonyl (C=O) groups is 1. The van der Waals surface area contributed by atoms with Crippen molar-refractivity contribution in [3.8, 4) is 11.3 Å². The zero-order valence-electron chi connectivity index (χ0n) is 17.7. The number of aliphatic imine (C=N–C) groups is 1. The molecule has 160 valence electrons. The van der Waals surface area contributed by atoms with E-state index in [4.69, 9.17) is 4.74 Å². The van der Waals surface area contributed by atoms with Crippen LogP contribution in [0.4, 0.5) is 5.69 Å². The van der Waals surface area contributed by atoms with Gasteiger partial charge in [0, 0.05) is 12.0 Å². The highest BCUT2D eigenvalue weighted by Crippen LogP contribution is 2.30. The van der Waals surface area contributed by atoms with Crippen LogP contribution in [0.15, 0.2) is 59.7 Å². The summed E-state index contributed by atoms with van der Waals surface area (Å²) in [5, 5.41) is 2.33. The molecule has 0 aliphatic heterocycles. The van der Waals surface area contributed by atoms with Gasteiger partial charge in [-0.1, -0.05) is 41.2 Å². The van der Waals surface area contributed by atoms with Crippen molar-refractivity contribution in [3.63, 3.8) is 0 Å². The quantitative estimate of drug-likeness (QED) is 0.166. The first-order valence-electron chi connectivity index (χ1n) is 10.6. The molecular weight excluding hydrogens is 438 g/mol. The minimum Gasteiger partial charge on any atom is -0.421 e. The topological polar surface area (TPSA) is 47.7 Å². The summed E-state index contributed by atoms with van der Waals surface area (Å²) >= 11 is 6.43. The fourth-order valence-corrected chi connectivity index (χ4v) is 5.54. The monoisotopic (exact) mass is 460 g/mol. The number of thiazole rings is 1. The van der Waals surface area contributed by atoms with Crippen LogP contribution in [0.2, 0.25) is 0 Å². The summed E-state index contributed by atoms with van der Waals surface area (Å²) in [6, 6.07) is 15.3. The van der Waals surface area contributed by atoms with E-state index in [0.29, 0.717) is 11.3 Å². The Bertz CT molecular complexity index is 1340. The first-order valence-corrected chi connectivity index (χ1v) is 11.8. The maximum atomic E-state index is 12.7. The smallest absolute Gasteiger partial charge is 0.349 e. The lowest BCUT2D eigenvalue weighted by Crippen LogP contribution is -2.24. The molecule has 7 heteroatoms. The van der Waals surface area contributed by atoms with Crippen LogP contribution in [0.3, 0.4) is 0 Å². The number of rotatable bonds is 5. The van der Waals surface area contributed by atoms with Crippen LogP contribution in [-0.2, 0) is 24.3 Å². The standard InChI is InChI=1S/C25H22N3O2S2/c1-17-6-8-18(9-7-17)22-14-27-21-4-2-3-5-23(21)32-25(27)28(22)16-30-24(29)19-10-12-20(13-11-19)26-15-31/h6-14H,2-5,16H2,1H3/q+1. The molecule has 0 atom stereocenters. The summed E-state index contributed by atoms with van der Waals surface area (Å²) in [6.45, 7) is 2.23. The zero-order chi connectivity index (χ0) is 22.1. The van der Waals surface area contributed by atoms with E-state index in [9.17, 15) is 4.79 Å². The Kier molecular flexibility index (Phi) is 5.70. The molecular formula is C25H22N3O2S2+. The Balaban J connectivity index is 1.49. The third kappa shape index (κ3) is 3.91. The first-order chi connectivity index (χ1) is 15.6. The average molecular weight is 461 g/mol. The number of thiocarbonyl (C=S) groups is 1. The molecule has 0 fully saturated rings. The fraction of sp³-hybridized carbons (Fsp3) is 0.240. The van der Waals surface area contributed by atoms with Gasteiger partial charge in [-0.25, -0.2) is 4.79 Å². The number of aryl methyl sites for hydroxylation is 3. The van der Waals surface area contributed by atoms with Crippen LogP contribution in [-0.4, -0.2) is 15.7 Å². The maximum absolute atomic E-state index is 12.7. The van der Waals surface area contributed by atoms with E-state index < -0.39 is 0 Å². The van der Waals surface area contributed by atoms with E-state index in [1.165, 1.54) is 29.0 Å². The number of benzene rings is 2. The van der Waals surface area contributed by atoms with Gasteiger partial charge in [-0.3, -0.25) is 0 Å². The highest BCUT2D eigenvalue weighted by atomic mass is 32.1. The average Bonchev–Trinajstić information content (AvgIpc) is 3.35. The lowest BCUT2D eigenvalue weighted by atomic mass is 10.0. The SMILES string of the molecule is Cc1ccc(-c2c[n+]3c4c(sc3n2COC(=O)c2ccc(N=C=S)cc2)CCCC4)cc1. The van der Waals surface area contributed by atoms with Crippen LogP contribution >= 0.6 is 23.6 Å². The molecule has 0 amide bonds. The van der Waals surface area contributed by atoms with Crippen LogP contribution in [0.1, 0.15) is 39.3 Å². The first kappa shape index (κ1) is 20.8. The van der Waals surface area contributed by atoms with Crippen molar-refractivity contribution >= 4 is 45.3 Å². The molecule has 1 aliphatic rings. The van der Waals surface area contributed by atoms with E-state index >= 15 is 0 Å². The van der Waals surface area contributed by atoms with E-state index in [-0.39, 0.29) is 12.7 Å². The lowest BCUT2D eigenvalue weighted by molar-refractivity contribution is -0.516. The number of imidazole rings is 1. The normalized spacial score (nSPS) is 12.9. The Morgan fingerprint density at radius 3 is 2.66 bits per heavy atom. The number of fused-ring (bicyclic) bond motifs is 3. The molecule has 5 rings (SSSR count). The minimum absolute atomic E-state index is 0.151. The number of esters is 1. The maximum Gasteiger partial charge on any atom is 0.349 e. The van der Waals surface area contributed by atoms with Crippen molar-refractivity contribution in [3.05, 3.63) is 76.4 Å². The molecule has 2 heterocycles. The molecule has 32 heavy (non-hydrogen) atoms. The largest absolute Gasteiger partial charge is 0.421 e. The zero-order valence-corrected chi connectivity index (χ0v) is 19.3. The molecule has 5 nitrogen and oxygen atoms in total. The number of nitrogens with zero attached hydrogens (tertiary/aromatic N) is 3. The molecule has 0 saturated heterocycles. The minimum atomic E-state index is -0.370. The van der Waals surface area contributed by atoms with Crippen molar-refractivity contribution in [2.45, 2.75) is 39.3 Å². The number of aromatic nitrogens is 2. The Morgan fingerprint density at radius 1 is 1.16 bits per heavy atom. The van der Waals surface area contributed by atoms with E-state index in [0.717, 1.165) is 29.1 Å². The van der Waals surface area contributed by atoms with Crippen molar-refractivity contribution < 1.29 is 13.9 Å². The number of hydrogen-bond donors (Lipinski definition) is 0. The van der Waals surface area contributed by atoms with Gasteiger partial charge in [0.1, 0.15) is 11.9 Å². The van der Waals surface area contributed by atoms with Crippen molar-refractivity contribution in [2.24, 2.45) is 4.99 Å². The predicted molar refractivity (Wildman–Crippen MR) is 129 cm³/mol. The van der Waals surface area contributed by atoms with Crippen molar-refractivity contribution in [1.29, 1.82) is 0 Å². The van der Waals surface area contributed by atoms with Crippen LogP contribution in [0, 0.1) is 6.92 Å². The highest BCUT2D eigenvalue weighted by molar-refractivity contribution is 7.78. The number of isothiocyanates is 1. The van der Waals surface area contributed by atoms with Gasteiger partial charge < -0.3 is 4.74 Å². The van der Waals surface area contributed by atoms with Crippen LogP contribution in [0.25, 0.3) is 16.2 Å². The van der Waals surface area contributed by atoms with Gasteiger partial charge in [-0.15, -0.1) is 0 Å². The molecule has 2 aromatic carbocycles. The Hall–Kier alpha value is -3.12. The van der Waals surface area contributed by atoms with E-state index in [1.54, 1.807) is 35.6 Å². The second-order valence-corrected chi connectivity index (χ2v) is 9.20. The van der Waals surface area contributed by atoms with Gasteiger partial charge in [0.2, 0.25) is 6.73 Å². The van der Waals surface area contributed by atoms with Gasteiger partial charge in [0.15, 0.2) is 5.69 Å². The van der Waals surface area contributed by atoms with Crippen LogP contribution < -0.4 is 4.40 Å². The molecule has 4 aromatic rings.